The largest absolute Gasteiger partial charge is 0.493 e. The third-order valence-corrected chi connectivity index (χ3v) is 4.84. The lowest BCUT2D eigenvalue weighted by Gasteiger charge is -2.13. The minimum atomic E-state index is -0.576. The zero-order valence-corrected chi connectivity index (χ0v) is 16.2. The lowest BCUT2D eigenvalue weighted by molar-refractivity contribution is -0.122. The fraction of sp³-hybridized carbons (Fsp3) is 0.353. The minimum absolute atomic E-state index is 0.121. The molecule has 0 bridgehead atoms. The molecule has 0 saturated carbocycles. The third kappa shape index (κ3) is 5.20. The topological polar surface area (TPSA) is 91.1 Å². The van der Waals surface area contributed by atoms with Gasteiger partial charge in [-0.05, 0) is 30.2 Å². The molecule has 1 aromatic carbocycles. The molecule has 1 aromatic rings. The van der Waals surface area contributed by atoms with Crippen molar-refractivity contribution in [3.63, 3.8) is 0 Å². The van der Waals surface area contributed by atoms with Crippen LogP contribution in [-0.2, 0) is 14.3 Å². The number of carbonyl (C=O) groups is 2. The van der Waals surface area contributed by atoms with Gasteiger partial charge in [-0.25, -0.2) is 0 Å². The van der Waals surface area contributed by atoms with Crippen LogP contribution >= 0.6 is 24.0 Å². The van der Waals surface area contributed by atoms with Gasteiger partial charge in [0.25, 0.3) is 11.8 Å². The SMILES string of the molecule is COCCCN1C(=O)/C(=C/c2ccc(OCC(N)=O)c(OC)c2)SC1=S. The highest BCUT2D eigenvalue weighted by Crippen LogP contribution is 2.34. The van der Waals surface area contributed by atoms with Crippen LogP contribution in [0.5, 0.6) is 11.5 Å². The number of hydrogen-bond donors (Lipinski definition) is 1. The Morgan fingerprint density at radius 2 is 2.12 bits per heavy atom. The maximum atomic E-state index is 12.5. The molecule has 1 saturated heterocycles. The average Bonchev–Trinajstić information content (AvgIpc) is 2.87. The molecule has 140 valence electrons. The summed E-state index contributed by atoms with van der Waals surface area (Å²) in [5.41, 5.74) is 5.83. The van der Waals surface area contributed by atoms with Gasteiger partial charge in [0.05, 0.1) is 12.0 Å². The third-order valence-electron chi connectivity index (χ3n) is 3.46. The molecule has 1 aliphatic rings. The van der Waals surface area contributed by atoms with Crippen molar-refractivity contribution in [2.24, 2.45) is 5.73 Å². The van der Waals surface area contributed by atoms with Crippen molar-refractivity contribution in [1.29, 1.82) is 0 Å². The number of hydrogen-bond acceptors (Lipinski definition) is 7. The second-order valence-electron chi connectivity index (χ2n) is 5.34. The number of ether oxygens (including phenoxy) is 3. The molecule has 7 nitrogen and oxygen atoms in total. The van der Waals surface area contributed by atoms with Crippen molar-refractivity contribution in [2.45, 2.75) is 6.42 Å². The first-order chi connectivity index (χ1) is 12.5. The molecule has 0 atom stereocenters. The lowest BCUT2D eigenvalue weighted by Crippen LogP contribution is -2.29. The molecule has 2 rings (SSSR count). The molecule has 26 heavy (non-hydrogen) atoms. The van der Waals surface area contributed by atoms with Crippen LogP contribution in [0.15, 0.2) is 23.1 Å². The fourth-order valence-electron chi connectivity index (χ4n) is 2.25. The molecule has 1 heterocycles. The molecule has 2 N–H and O–H groups in total. The molecule has 0 spiro atoms. The molecule has 0 unspecified atom stereocenters. The van der Waals surface area contributed by atoms with Crippen LogP contribution in [0.4, 0.5) is 0 Å². The summed E-state index contributed by atoms with van der Waals surface area (Å²) in [5.74, 6) is 0.142. The van der Waals surface area contributed by atoms with E-state index in [0.29, 0.717) is 33.9 Å². The molecular weight excluding hydrogens is 376 g/mol. The number of nitrogens with zero attached hydrogens (tertiary/aromatic N) is 1. The van der Waals surface area contributed by atoms with E-state index in [9.17, 15) is 9.59 Å². The minimum Gasteiger partial charge on any atom is -0.493 e. The number of thioether (sulfide) groups is 1. The first-order valence-corrected chi connectivity index (χ1v) is 9.02. The number of methoxy groups -OCH3 is 2. The van der Waals surface area contributed by atoms with E-state index in [4.69, 9.17) is 32.2 Å². The zero-order valence-electron chi connectivity index (χ0n) is 14.5. The Labute approximate surface area is 161 Å². The Morgan fingerprint density at radius 1 is 1.35 bits per heavy atom. The maximum absolute atomic E-state index is 12.5. The second kappa shape index (κ2) is 9.56. The summed E-state index contributed by atoms with van der Waals surface area (Å²) in [7, 11) is 3.11. The lowest BCUT2D eigenvalue weighted by atomic mass is 10.2. The monoisotopic (exact) mass is 396 g/mol. The van der Waals surface area contributed by atoms with Crippen molar-refractivity contribution >= 4 is 46.2 Å². The maximum Gasteiger partial charge on any atom is 0.266 e. The second-order valence-corrected chi connectivity index (χ2v) is 7.02. The van der Waals surface area contributed by atoms with Crippen molar-refractivity contribution in [3.8, 4) is 11.5 Å². The normalized spacial score (nSPS) is 15.6. The first-order valence-electron chi connectivity index (χ1n) is 7.79. The van der Waals surface area contributed by atoms with E-state index in [1.165, 1.54) is 18.9 Å². The Hall–Kier alpha value is -2.10. The Balaban J connectivity index is 2.14. The van der Waals surface area contributed by atoms with Crippen molar-refractivity contribution < 1.29 is 23.8 Å². The van der Waals surface area contributed by atoms with Gasteiger partial charge in [0, 0.05) is 20.3 Å². The highest BCUT2D eigenvalue weighted by atomic mass is 32.2. The Morgan fingerprint density at radius 3 is 2.77 bits per heavy atom. The number of rotatable bonds is 9. The predicted molar refractivity (Wildman–Crippen MR) is 104 cm³/mol. The summed E-state index contributed by atoms with van der Waals surface area (Å²) < 4.78 is 16.1. The predicted octanol–water partition coefficient (Wildman–Crippen LogP) is 1.80. The van der Waals surface area contributed by atoms with Gasteiger partial charge < -0.3 is 19.9 Å². The van der Waals surface area contributed by atoms with Crippen molar-refractivity contribution in [1.82, 2.24) is 4.90 Å². The molecule has 0 radical (unpaired) electrons. The molecule has 9 heteroatoms. The van der Waals surface area contributed by atoms with Gasteiger partial charge >= 0.3 is 0 Å². The number of amides is 2. The average molecular weight is 396 g/mol. The summed E-state index contributed by atoms with van der Waals surface area (Å²) in [6.07, 6.45) is 2.46. The van der Waals surface area contributed by atoms with E-state index >= 15 is 0 Å². The van der Waals surface area contributed by atoms with E-state index in [1.807, 2.05) is 0 Å². The van der Waals surface area contributed by atoms with Crippen LogP contribution in [0.1, 0.15) is 12.0 Å². The van der Waals surface area contributed by atoms with Crippen molar-refractivity contribution in [2.75, 3.05) is 34.0 Å². The van der Waals surface area contributed by atoms with E-state index in [-0.39, 0.29) is 12.5 Å². The van der Waals surface area contributed by atoms with E-state index in [0.717, 1.165) is 12.0 Å². The first kappa shape index (κ1) is 20.2. The van der Waals surface area contributed by atoms with Gasteiger partial charge in [0.1, 0.15) is 4.32 Å². The highest BCUT2D eigenvalue weighted by molar-refractivity contribution is 8.26. The van der Waals surface area contributed by atoms with Crippen LogP contribution in [0, 0.1) is 0 Å². The number of benzene rings is 1. The summed E-state index contributed by atoms with van der Waals surface area (Å²) in [4.78, 5) is 25.5. The van der Waals surface area contributed by atoms with Gasteiger partial charge in [0.2, 0.25) is 0 Å². The van der Waals surface area contributed by atoms with E-state index in [2.05, 4.69) is 0 Å². The summed E-state index contributed by atoms with van der Waals surface area (Å²) >= 11 is 6.55. The standard InChI is InChI=1S/C17H20N2O5S2/c1-22-7-3-6-19-16(21)14(26-17(19)25)9-11-4-5-12(13(8-11)23-2)24-10-15(18)20/h4-5,8-9H,3,6-7,10H2,1-2H3,(H2,18,20)/b14-9-. The van der Waals surface area contributed by atoms with Gasteiger partial charge in [-0.15, -0.1) is 0 Å². The quantitative estimate of drug-likeness (QED) is 0.387. The molecule has 1 fully saturated rings. The van der Waals surface area contributed by atoms with Crippen LogP contribution in [-0.4, -0.2) is 55.0 Å². The van der Waals surface area contributed by atoms with E-state index in [1.54, 1.807) is 36.3 Å². The molecule has 0 aliphatic carbocycles. The number of carbonyl (C=O) groups excluding carboxylic acids is 2. The van der Waals surface area contributed by atoms with Gasteiger partial charge in [-0.2, -0.15) is 0 Å². The van der Waals surface area contributed by atoms with Crippen LogP contribution in [0.3, 0.4) is 0 Å². The highest BCUT2D eigenvalue weighted by Gasteiger charge is 2.31. The summed E-state index contributed by atoms with van der Waals surface area (Å²) in [5, 5.41) is 0. The van der Waals surface area contributed by atoms with Crippen molar-refractivity contribution in [3.05, 3.63) is 28.7 Å². The number of thiocarbonyl (C=S) groups is 1. The molecule has 1 aliphatic heterocycles. The number of primary amides is 1. The van der Waals surface area contributed by atoms with E-state index < -0.39 is 5.91 Å². The molecular formula is C17H20N2O5S2. The van der Waals surface area contributed by atoms with Gasteiger partial charge in [0.15, 0.2) is 18.1 Å². The zero-order chi connectivity index (χ0) is 19.1. The fourth-order valence-corrected chi connectivity index (χ4v) is 3.56. The Kier molecular flexibility index (Phi) is 7.43. The molecule has 2 amide bonds. The van der Waals surface area contributed by atoms with Crippen LogP contribution in [0.25, 0.3) is 6.08 Å². The number of nitrogens with two attached hydrogens (primary N) is 1. The van der Waals surface area contributed by atoms with Crippen LogP contribution in [0.2, 0.25) is 0 Å². The summed E-state index contributed by atoms with van der Waals surface area (Å²) in [6.45, 7) is 0.856. The molecule has 0 aromatic heterocycles. The van der Waals surface area contributed by atoms with Gasteiger partial charge in [-0.1, -0.05) is 30.0 Å². The summed E-state index contributed by atoms with van der Waals surface area (Å²) in [6, 6.07) is 5.14. The van der Waals surface area contributed by atoms with Crippen LogP contribution < -0.4 is 15.2 Å². The Bertz CT molecular complexity index is 736. The smallest absolute Gasteiger partial charge is 0.266 e. The van der Waals surface area contributed by atoms with Gasteiger partial charge in [-0.3, -0.25) is 14.5 Å².